The van der Waals surface area contributed by atoms with Gasteiger partial charge >= 0.3 is 5.97 Å². The zero-order valence-electron chi connectivity index (χ0n) is 18.3. The first-order valence-corrected chi connectivity index (χ1v) is 10.9. The molecule has 1 unspecified atom stereocenters. The second-order valence-electron chi connectivity index (χ2n) is 8.60. The summed E-state index contributed by atoms with van der Waals surface area (Å²) in [4.78, 5) is 20.5. The van der Waals surface area contributed by atoms with Crippen molar-refractivity contribution in [3.8, 4) is 5.88 Å². The van der Waals surface area contributed by atoms with Crippen molar-refractivity contribution in [2.24, 2.45) is 11.1 Å². The standard InChI is InChI=1S/C23H32FN3O4/c1-3-23(25,14-28)10-6-4-5-7-16-17(24)13-26-18-8-9-19(27-20(16)18)31-15-22(11-12-22)21(29)30-2/h8-9,13,28H,3-7,10-12,14-15,25H2,1-2H3. The van der Waals surface area contributed by atoms with Crippen LogP contribution in [0.3, 0.4) is 0 Å². The molecule has 2 aromatic rings. The van der Waals surface area contributed by atoms with Crippen LogP contribution < -0.4 is 10.5 Å². The maximum absolute atomic E-state index is 14.5. The number of nitrogens with zero attached hydrogens (tertiary/aromatic N) is 2. The molecule has 0 bridgehead atoms. The first-order chi connectivity index (χ1) is 14.9. The summed E-state index contributed by atoms with van der Waals surface area (Å²) in [5.74, 6) is -0.315. The minimum absolute atomic E-state index is 0.0307. The number of hydrogen-bond acceptors (Lipinski definition) is 7. The van der Waals surface area contributed by atoms with Crippen LogP contribution in [0.15, 0.2) is 18.3 Å². The number of nitrogens with two attached hydrogens (primary N) is 1. The van der Waals surface area contributed by atoms with Crippen LogP contribution in [0, 0.1) is 11.2 Å². The van der Waals surface area contributed by atoms with Crippen molar-refractivity contribution in [2.45, 2.75) is 63.8 Å². The molecule has 2 heterocycles. The zero-order valence-corrected chi connectivity index (χ0v) is 18.3. The number of halogens is 1. The fraction of sp³-hybridized carbons (Fsp3) is 0.609. The van der Waals surface area contributed by atoms with E-state index in [0.29, 0.717) is 28.9 Å². The first-order valence-electron chi connectivity index (χ1n) is 10.9. The van der Waals surface area contributed by atoms with E-state index in [0.717, 1.165) is 44.9 Å². The van der Waals surface area contributed by atoms with Crippen LogP contribution in [0.1, 0.15) is 57.4 Å². The third kappa shape index (κ3) is 5.49. The van der Waals surface area contributed by atoms with E-state index in [4.69, 9.17) is 15.2 Å². The number of carbonyl (C=O) groups excluding carboxylic acids is 1. The van der Waals surface area contributed by atoms with Crippen molar-refractivity contribution < 1.29 is 23.8 Å². The van der Waals surface area contributed by atoms with E-state index in [1.165, 1.54) is 13.3 Å². The van der Waals surface area contributed by atoms with Gasteiger partial charge in [0.05, 0.1) is 30.9 Å². The monoisotopic (exact) mass is 433 g/mol. The molecule has 0 saturated heterocycles. The minimum Gasteiger partial charge on any atom is -0.476 e. The van der Waals surface area contributed by atoms with Gasteiger partial charge in [-0.1, -0.05) is 19.8 Å². The van der Waals surface area contributed by atoms with E-state index < -0.39 is 11.0 Å². The fourth-order valence-electron chi connectivity index (χ4n) is 3.71. The van der Waals surface area contributed by atoms with E-state index in [1.807, 2.05) is 6.92 Å². The average molecular weight is 434 g/mol. The van der Waals surface area contributed by atoms with Gasteiger partial charge < -0.3 is 20.3 Å². The van der Waals surface area contributed by atoms with E-state index in [9.17, 15) is 14.3 Å². The number of esters is 1. The highest BCUT2D eigenvalue weighted by atomic mass is 19.1. The maximum atomic E-state index is 14.5. The van der Waals surface area contributed by atoms with Crippen LogP contribution >= 0.6 is 0 Å². The number of ether oxygens (including phenoxy) is 2. The molecule has 31 heavy (non-hydrogen) atoms. The van der Waals surface area contributed by atoms with Crippen molar-refractivity contribution >= 4 is 17.0 Å². The number of fused-ring (bicyclic) bond motifs is 1. The van der Waals surface area contributed by atoms with Gasteiger partial charge in [-0.3, -0.25) is 9.78 Å². The SMILES string of the molecule is CCC(N)(CO)CCCCCc1c(F)cnc2ccc(OCC3(C(=O)OC)CC3)nc12. The van der Waals surface area contributed by atoms with Crippen molar-refractivity contribution in [3.63, 3.8) is 0 Å². The van der Waals surface area contributed by atoms with Crippen molar-refractivity contribution in [2.75, 3.05) is 20.3 Å². The van der Waals surface area contributed by atoms with Gasteiger partial charge in [0.2, 0.25) is 5.88 Å². The lowest BCUT2D eigenvalue weighted by molar-refractivity contribution is -0.148. The molecule has 170 valence electrons. The van der Waals surface area contributed by atoms with Crippen LogP contribution in [-0.4, -0.2) is 46.9 Å². The third-order valence-electron chi connectivity index (χ3n) is 6.33. The van der Waals surface area contributed by atoms with E-state index in [1.54, 1.807) is 12.1 Å². The number of unbranched alkanes of at least 4 members (excludes halogenated alkanes) is 2. The molecule has 3 N–H and O–H groups in total. The highest BCUT2D eigenvalue weighted by Crippen LogP contribution is 2.46. The average Bonchev–Trinajstić information content (AvgIpc) is 3.59. The molecule has 7 nitrogen and oxygen atoms in total. The number of aryl methyl sites for hydroxylation is 1. The van der Waals surface area contributed by atoms with Crippen LogP contribution in [0.5, 0.6) is 5.88 Å². The molecule has 1 aliphatic rings. The number of aromatic nitrogens is 2. The van der Waals surface area contributed by atoms with E-state index in [-0.39, 0.29) is 25.0 Å². The Labute approximate surface area is 182 Å². The summed E-state index contributed by atoms with van der Waals surface area (Å²) in [7, 11) is 1.37. The molecule has 0 aromatic carbocycles. The molecular formula is C23H32FN3O4. The Kier molecular flexibility index (Phi) is 7.43. The topological polar surface area (TPSA) is 108 Å². The zero-order chi connectivity index (χ0) is 22.5. The maximum Gasteiger partial charge on any atom is 0.315 e. The summed E-state index contributed by atoms with van der Waals surface area (Å²) in [6.45, 7) is 2.13. The molecule has 0 aliphatic heterocycles. The van der Waals surface area contributed by atoms with Crippen molar-refractivity contribution in [1.29, 1.82) is 0 Å². The lowest BCUT2D eigenvalue weighted by atomic mass is 9.91. The molecule has 0 amide bonds. The van der Waals surface area contributed by atoms with E-state index >= 15 is 0 Å². The van der Waals surface area contributed by atoms with Gasteiger partial charge in [-0.2, -0.15) is 0 Å². The highest BCUT2D eigenvalue weighted by molar-refractivity contribution is 5.80. The number of carbonyl (C=O) groups is 1. The summed E-state index contributed by atoms with van der Waals surface area (Å²) in [5.41, 5.74) is 6.61. The van der Waals surface area contributed by atoms with Gasteiger partial charge in [0.1, 0.15) is 17.8 Å². The number of pyridine rings is 2. The van der Waals surface area contributed by atoms with Gasteiger partial charge in [-0.15, -0.1) is 0 Å². The largest absolute Gasteiger partial charge is 0.476 e. The summed E-state index contributed by atoms with van der Waals surface area (Å²) in [5, 5.41) is 9.42. The fourth-order valence-corrected chi connectivity index (χ4v) is 3.71. The van der Waals surface area contributed by atoms with E-state index in [2.05, 4.69) is 9.97 Å². The van der Waals surface area contributed by atoms with Crippen LogP contribution in [-0.2, 0) is 16.0 Å². The van der Waals surface area contributed by atoms with Gasteiger partial charge in [0.15, 0.2) is 0 Å². The number of rotatable bonds is 12. The van der Waals surface area contributed by atoms with Crippen LogP contribution in [0.25, 0.3) is 11.0 Å². The summed E-state index contributed by atoms with van der Waals surface area (Å²) in [6.07, 6.45) is 7.18. The smallest absolute Gasteiger partial charge is 0.315 e. The molecule has 1 aliphatic carbocycles. The predicted molar refractivity (Wildman–Crippen MR) is 115 cm³/mol. The lowest BCUT2D eigenvalue weighted by Gasteiger charge is -2.25. The second-order valence-corrected chi connectivity index (χ2v) is 8.60. The first kappa shape index (κ1) is 23.3. The van der Waals surface area contributed by atoms with Crippen molar-refractivity contribution in [1.82, 2.24) is 9.97 Å². The molecule has 2 aromatic heterocycles. The Balaban J connectivity index is 1.65. The molecule has 3 rings (SSSR count). The second kappa shape index (κ2) is 9.87. The molecule has 8 heteroatoms. The number of methoxy groups -OCH3 is 1. The summed E-state index contributed by atoms with van der Waals surface area (Å²) >= 11 is 0. The molecule has 0 radical (unpaired) electrons. The Morgan fingerprint density at radius 3 is 2.74 bits per heavy atom. The highest BCUT2D eigenvalue weighted by Gasteiger charge is 2.52. The summed E-state index contributed by atoms with van der Waals surface area (Å²) < 4.78 is 25.2. The third-order valence-corrected chi connectivity index (χ3v) is 6.33. The number of aliphatic hydroxyl groups excluding tert-OH is 1. The Morgan fingerprint density at radius 1 is 1.32 bits per heavy atom. The molecule has 1 saturated carbocycles. The van der Waals surface area contributed by atoms with Gasteiger partial charge in [0, 0.05) is 17.2 Å². The molecule has 0 spiro atoms. The summed E-state index contributed by atoms with van der Waals surface area (Å²) in [6, 6.07) is 3.44. The molecular weight excluding hydrogens is 401 g/mol. The quantitative estimate of drug-likeness (QED) is 0.391. The van der Waals surface area contributed by atoms with Crippen molar-refractivity contribution in [3.05, 3.63) is 29.7 Å². The van der Waals surface area contributed by atoms with Gasteiger partial charge in [-0.05, 0) is 44.6 Å². The lowest BCUT2D eigenvalue weighted by Crippen LogP contribution is -2.42. The van der Waals surface area contributed by atoms with Crippen LogP contribution in [0.2, 0.25) is 0 Å². The number of aliphatic hydroxyl groups is 1. The Bertz CT molecular complexity index is 913. The molecule has 1 atom stereocenters. The Morgan fingerprint density at radius 2 is 2.10 bits per heavy atom. The Hall–Kier alpha value is -2.32. The van der Waals surface area contributed by atoms with Crippen LogP contribution in [0.4, 0.5) is 4.39 Å². The molecule has 1 fully saturated rings. The minimum atomic E-state index is -0.584. The normalized spacial score (nSPS) is 16.7. The van der Waals surface area contributed by atoms with Gasteiger partial charge in [0.25, 0.3) is 0 Å². The van der Waals surface area contributed by atoms with Gasteiger partial charge in [-0.25, -0.2) is 9.37 Å². The predicted octanol–water partition coefficient (Wildman–Crippen LogP) is 3.30. The number of hydrogen-bond donors (Lipinski definition) is 2.